The summed E-state index contributed by atoms with van der Waals surface area (Å²) in [7, 11) is 0. The third-order valence-corrected chi connectivity index (χ3v) is 4.00. The summed E-state index contributed by atoms with van der Waals surface area (Å²) in [6.45, 7) is 3.58. The molecule has 126 valence electrons. The predicted molar refractivity (Wildman–Crippen MR) is 87.8 cm³/mol. The van der Waals surface area contributed by atoms with E-state index < -0.39 is 12.2 Å². The van der Waals surface area contributed by atoms with Crippen LogP contribution in [0.4, 0.5) is 0 Å². The van der Waals surface area contributed by atoms with E-state index in [2.05, 4.69) is 23.5 Å². The summed E-state index contributed by atoms with van der Waals surface area (Å²) in [6, 6.07) is -0.0303. The van der Waals surface area contributed by atoms with Crippen LogP contribution in [-0.2, 0) is 17.1 Å². The second-order valence-corrected chi connectivity index (χ2v) is 5.76. The van der Waals surface area contributed by atoms with Crippen LogP contribution in [-0.4, -0.2) is 47.6 Å². The number of hydrogen-bond acceptors (Lipinski definition) is 4. The van der Waals surface area contributed by atoms with Crippen molar-refractivity contribution in [1.82, 2.24) is 10.6 Å². The zero-order chi connectivity index (χ0) is 15.8. The largest absolute Gasteiger partial charge is 2.00 e. The molecule has 3 fully saturated rings. The molecule has 0 unspecified atom stereocenters. The summed E-state index contributed by atoms with van der Waals surface area (Å²) in [4.78, 5) is 0. The molecule has 0 aromatic rings. The van der Waals surface area contributed by atoms with Crippen LogP contribution in [0.2, 0.25) is 0 Å². The number of aliphatic hydroxyl groups excluding tert-OH is 2. The van der Waals surface area contributed by atoms with Crippen molar-refractivity contribution >= 4 is 0 Å². The van der Waals surface area contributed by atoms with Crippen LogP contribution in [0.3, 0.4) is 0 Å². The van der Waals surface area contributed by atoms with Crippen LogP contribution < -0.4 is 10.6 Å². The van der Waals surface area contributed by atoms with E-state index in [1.807, 2.05) is 51.9 Å². The molecule has 3 aliphatic rings. The Morgan fingerprint density at radius 2 is 1.52 bits per heavy atom. The molecular formula is C18H26FeN2O2+2. The van der Waals surface area contributed by atoms with E-state index in [1.54, 1.807) is 0 Å². The molecule has 4 atom stereocenters. The molecule has 4 nitrogen and oxygen atoms in total. The first-order chi connectivity index (χ1) is 10.7. The molecule has 2 aliphatic carbocycles. The smallest absolute Gasteiger partial charge is 0.389 e. The Hall–Kier alpha value is 0.359. The quantitative estimate of drug-likeness (QED) is 0.426. The Morgan fingerprint density at radius 3 is 2.00 bits per heavy atom. The molecule has 0 aromatic heterocycles. The average Bonchev–Trinajstić information content (AvgIpc) is 3.26. The van der Waals surface area contributed by atoms with Crippen molar-refractivity contribution < 1.29 is 27.3 Å². The van der Waals surface area contributed by atoms with Gasteiger partial charge in [-0.25, -0.2) is 0 Å². The van der Waals surface area contributed by atoms with Crippen molar-refractivity contribution in [1.29, 1.82) is 0 Å². The zero-order valence-electron chi connectivity index (χ0n) is 13.4. The molecule has 3 rings (SSSR count). The minimum atomic E-state index is -0.647. The normalized spacial score (nSPS) is 34.0. The van der Waals surface area contributed by atoms with E-state index in [0.717, 1.165) is 19.5 Å². The van der Waals surface area contributed by atoms with Gasteiger partial charge in [0.2, 0.25) is 0 Å². The topological polar surface area (TPSA) is 64.5 Å². The monoisotopic (exact) mass is 358 g/mol. The number of aliphatic hydroxyl groups is 2. The summed E-state index contributed by atoms with van der Waals surface area (Å²) >= 11 is 0. The van der Waals surface area contributed by atoms with Gasteiger partial charge in [-0.2, -0.15) is 0 Å². The fourth-order valence-corrected chi connectivity index (χ4v) is 2.67. The third kappa shape index (κ3) is 7.41. The Bertz CT molecular complexity index is 289. The molecule has 23 heavy (non-hydrogen) atoms. The maximum absolute atomic E-state index is 9.77. The summed E-state index contributed by atoms with van der Waals surface area (Å²) in [5, 5.41) is 25.9. The van der Waals surface area contributed by atoms with E-state index in [4.69, 9.17) is 0 Å². The minimum Gasteiger partial charge on any atom is -0.389 e. The van der Waals surface area contributed by atoms with Crippen molar-refractivity contribution in [3.63, 3.8) is 0 Å². The van der Waals surface area contributed by atoms with E-state index in [-0.39, 0.29) is 29.2 Å². The molecule has 1 saturated heterocycles. The van der Waals surface area contributed by atoms with Gasteiger partial charge >= 0.3 is 17.1 Å². The zero-order valence-corrected chi connectivity index (χ0v) is 14.5. The van der Waals surface area contributed by atoms with Crippen LogP contribution in [0.5, 0.6) is 0 Å². The first-order valence-corrected chi connectivity index (χ1v) is 7.88. The second-order valence-electron chi connectivity index (χ2n) is 5.76. The maximum atomic E-state index is 9.77. The van der Waals surface area contributed by atoms with Crippen LogP contribution in [0.25, 0.3) is 0 Å². The van der Waals surface area contributed by atoms with E-state index in [9.17, 15) is 10.2 Å². The molecule has 2 saturated carbocycles. The van der Waals surface area contributed by atoms with Gasteiger partial charge in [0.05, 0.1) is 12.2 Å². The standard InChI is InChI=1S/C13H21N2O2.C5H5.Fe/c1-9-12(16)13(17)11(15-9)6-7-14-8-10-4-2-3-5-10;1-2-4-5-3-1;/h2-5,9,11-17H,6-8H2,1H3;1-5H;/q;;+2/t9-,11-,12+,13-;;/m0../s1. The predicted octanol–water partition coefficient (Wildman–Crippen LogP) is 0.472. The van der Waals surface area contributed by atoms with Crippen LogP contribution >= 0.6 is 0 Å². The van der Waals surface area contributed by atoms with Gasteiger partial charge in [0.15, 0.2) is 0 Å². The second kappa shape index (κ2) is 11.8. The first-order valence-electron chi connectivity index (χ1n) is 7.88. The molecular weight excluding hydrogens is 332 g/mol. The average molecular weight is 358 g/mol. The summed E-state index contributed by atoms with van der Waals surface area (Å²) < 4.78 is 0. The van der Waals surface area contributed by atoms with Gasteiger partial charge in [0.1, 0.15) is 0 Å². The van der Waals surface area contributed by atoms with Gasteiger partial charge in [-0.15, -0.1) is 0 Å². The summed E-state index contributed by atoms with van der Waals surface area (Å²) in [6.07, 6.45) is 17.8. The van der Waals surface area contributed by atoms with Crippen molar-refractivity contribution in [3.8, 4) is 0 Å². The van der Waals surface area contributed by atoms with Gasteiger partial charge in [-0.05, 0) is 83.6 Å². The van der Waals surface area contributed by atoms with E-state index in [1.165, 1.54) is 5.92 Å². The summed E-state index contributed by atoms with van der Waals surface area (Å²) in [5.74, 6) is 1.28. The van der Waals surface area contributed by atoms with Crippen molar-refractivity contribution in [2.75, 3.05) is 13.1 Å². The minimum absolute atomic E-state index is 0. The molecule has 1 aliphatic heterocycles. The Kier molecular flexibility index (Phi) is 11.0. The van der Waals surface area contributed by atoms with Gasteiger partial charge in [-0.1, -0.05) is 0 Å². The van der Waals surface area contributed by atoms with Crippen LogP contribution in [0, 0.1) is 63.7 Å². The van der Waals surface area contributed by atoms with Crippen molar-refractivity contribution in [2.45, 2.75) is 37.6 Å². The van der Waals surface area contributed by atoms with Gasteiger partial charge < -0.3 is 20.8 Å². The van der Waals surface area contributed by atoms with Crippen molar-refractivity contribution in [3.05, 3.63) is 63.7 Å². The van der Waals surface area contributed by atoms with E-state index >= 15 is 0 Å². The van der Waals surface area contributed by atoms with Crippen LogP contribution in [0.15, 0.2) is 0 Å². The van der Waals surface area contributed by atoms with Crippen molar-refractivity contribution in [2.24, 2.45) is 0 Å². The number of nitrogens with one attached hydrogen (secondary N) is 2. The first kappa shape index (κ1) is 21.4. The molecule has 0 aromatic carbocycles. The molecule has 4 N–H and O–H groups in total. The Morgan fingerprint density at radius 1 is 0.957 bits per heavy atom. The molecule has 0 amide bonds. The van der Waals surface area contributed by atoms with Gasteiger partial charge in [0.25, 0.3) is 0 Å². The number of rotatable bonds is 5. The molecule has 1 heterocycles. The van der Waals surface area contributed by atoms with Gasteiger partial charge in [0, 0.05) is 18.6 Å². The fraction of sp³-hybridized carbons (Fsp3) is 0.444. The molecule has 0 bridgehead atoms. The molecule has 0 spiro atoms. The van der Waals surface area contributed by atoms with E-state index in [0.29, 0.717) is 0 Å². The number of hydrogen-bond donors (Lipinski definition) is 4. The maximum Gasteiger partial charge on any atom is 2.00 e. The molecule has 10 radical (unpaired) electrons. The Labute approximate surface area is 152 Å². The third-order valence-electron chi connectivity index (χ3n) is 4.00. The summed E-state index contributed by atoms with van der Waals surface area (Å²) in [5.41, 5.74) is 0. The van der Waals surface area contributed by atoms with Crippen LogP contribution in [0.1, 0.15) is 13.3 Å². The van der Waals surface area contributed by atoms with Gasteiger partial charge in [-0.3, -0.25) is 0 Å². The fourth-order valence-electron chi connectivity index (χ4n) is 2.67. The Balaban J connectivity index is 0.000000377. The SMILES string of the molecule is C[C@@H]1N[C@@H](CCNC[C]2[CH][CH][CH][CH]2)[C@H](O)[C@@H]1O.[CH]1[CH][CH][CH][CH]1.[Fe+2]. The molecule has 5 heteroatoms.